The lowest BCUT2D eigenvalue weighted by Crippen LogP contribution is -2.30. The normalized spacial score (nSPS) is 14.6. The molecule has 0 amide bonds. The average molecular weight is 1280 g/mol. The monoisotopic (exact) mass is 1280 g/mol. The summed E-state index contributed by atoms with van der Waals surface area (Å²) in [5.74, 6) is 0.789. The van der Waals surface area contributed by atoms with E-state index in [4.69, 9.17) is 37.0 Å². The molecule has 3 N–H and O–H groups in total. The van der Waals surface area contributed by atoms with Crippen molar-refractivity contribution >= 4 is 39.5 Å². The molecule has 0 aromatic carbocycles. The number of hydrogen-bond donors (Lipinski definition) is 3. The first kappa shape index (κ1) is 85.1. The minimum Gasteiger partial charge on any atom is -0.462 e. The maximum atomic E-state index is 13.0. The molecule has 87 heavy (non-hydrogen) atoms. The number of carbonyl (C=O) groups is 4. The third kappa shape index (κ3) is 61.3. The van der Waals surface area contributed by atoms with Gasteiger partial charge in [-0.2, -0.15) is 0 Å². The highest BCUT2D eigenvalue weighted by Crippen LogP contribution is 2.45. The number of ether oxygens (including phenoxy) is 4. The summed E-state index contributed by atoms with van der Waals surface area (Å²) in [5, 5.41) is 10.6. The van der Waals surface area contributed by atoms with Crippen LogP contribution in [0.2, 0.25) is 0 Å². The van der Waals surface area contributed by atoms with Gasteiger partial charge in [0.05, 0.1) is 26.4 Å². The van der Waals surface area contributed by atoms with Gasteiger partial charge in [0.15, 0.2) is 12.2 Å². The van der Waals surface area contributed by atoms with Crippen LogP contribution in [0.25, 0.3) is 0 Å². The Labute approximate surface area is 530 Å². The SMILES string of the molecule is CCC(C)CCCCCCCCCCCCCCCCC(=O)O[C@H](COC(=O)CCCCCCCCCC(C)C)COP(=O)(O)OC[C@@H](O)COP(=O)(O)OC[C@@H](COC(=O)CCCCCCCCC(C)C)OC(=O)CCCCCCCCCC(C)C. The lowest BCUT2D eigenvalue weighted by atomic mass is 9.99. The van der Waals surface area contributed by atoms with Crippen molar-refractivity contribution in [3.8, 4) is 0 Å². The number of unbranched alkanes of at least 4 members (excludes halogenated alkanes) is 30. The summed E-state index contributed by atoms with van der Waals surface area (Å²) in [7, 11) is -9.90. The van der Waals surface area contributed by atoms with Crippen LogP contribution >= 0.6 is 15.6 Å². The highest BCUT2D eigenvalue weighted by Gasteiger charge is 2.30. The Hall–Kier alpha value is -1.94. The largest absolute Gasteiger partial charge is 0.472 e. The van der Waals surface area contributed by atoms with E-state index in [1.807, 2.05) is 0 Å². The zero-order chi connectivity index (χ0) is 64.7. The summed E-state index contributed by atoms with van der Waals surface area (Å²) in [4.78, 5) is 72.3. The van der Waals surface area contributed by atoms with Gasteiger partial charge in [0, 0.05) is 25.7 Å². The van der Waals surface area contributed by atoms with E-state index in [1.54, 1.807) is 0 Å². The summed E-state index contributed by atoms with van der Waals surface area (Å²) >= 11 is 0. The third-order valence-corrected chi connectivity index (χ3v) is 17.8. The second kappa shape index (κ2) is 57.9. The lowest BCUT2D eigenvalue weighted by molar-refractivity contribution is -0.161. The van der Waals surface area contributed by atoms with E-state index in [0.29, 0.717) is 43.4 Å². The Bertz CT molecular complexity index is 1730. The first-order valence-corrected chi connectivity index (χ1v) is 38.2. The van der Waals surface area contributed by atoms with Gasteiger partial charge in [-0.25, -0.2) is 9.13 Å². The molecule has 0 aromatic rings. The topological polar surface area (TPSA) is 237 Å². The zero-order valence-corrected chi connectivity index (χ0v) is 58.4. The molecule has 0 aliphatic rings. The van der Waals surface area contributed by atoms with Crippen molar-refractivity contribution < 1.29 is 80.2 Å². The van der Waals surface area contributed by atoms with Gasteiger partial charge in [-0.1, -0.05) is 280 Å². The van der Waals surface area contributed by atoms with E-state index in [9.17, 15) is 43.2 Å². The van der Waals surface area contributed by atoms with Crippen LogP contribution < -0.4 is 0 Å². The van der Waals surface area contributed by atoms with E-state index < -0.39 is 97.5 Å². The van der Waals surface area contributed by atoms with Gasteiger partial charge in [-0.05, 0) is 49.4 Å². The molecule has 0 bridgehead atoms. The molecule has 0 aromatic heterocycles. The van der Waals surface area contributed by atoms with Crippen LogP contribution in [0, 0.1) is 23.7 Å². The van der Waals surface area contributed by atoms with Crippen molar-refractivity contribution in [2.24, 2.45) is 23.7 Å². The van der Waals surface area contributed by atoms with Crippen LogP contribution in [-0.2, 0) is 65.4 Å². The molecule has 19 heteroatoms. The average Bonchev–Trinajstić information content (AvgIpc) is 3.52. The predicted octanol–water partition coefficient (Wildman–Crippen LogP) is 18.9. The van der Waals surface area contributed by atoms with Crippen molar-refractivity contribution in [3.63, 3.8) is 0 Å². The standard InChI is InChI=1S/C68H132O17P2/c1-9-61(8)47-39-31-22-16-14-12-10-11-13-15-17-23-34-42-50-67(72)84-63(54-78-65(70)48-40-32-24-18-20-28-36-44-58(2)3)56-82-86(74,75)80-52-62(69)53-81-87(76,77)83-57-64(55-79-66(71)49-41-33-27-26-30-38-46-60(6)7)85-68(73)51-43-35-25-19-21-29-37-45-59(4)5/h58-64,69H,9-57H2,1-8H3,(H,74,75)(H,76,77)/t61?,62-,63-,64-/m1/s1. The first-order chi connectivity index (χ1) is 41.6. The van der Waals surface area contributed by atoms with Crippen molar-refractivity contribution in [2.75, 3.05) is 39.6 Å². The maximum absolute atomic E-state index is 13.0. The fourth-order valence-electron chi connectivity index (χ4n) is 10.1. The molecule has 0 heterocycles. The molecule has 0 radical (unpaired) electrons. The molecule has 0 aliphatic carbocycles. The number of carbonyl (C=O) groups excluding carboxylic acids is 4. The lowest BCUT2D eigenvalue weighted by Gasteiger charge is -2.21. The molecule has 0 fully saturated rings. The van der Waals surface area contributed by atoms with E-state index in [1.165, 1.54) is 122 Å². The van der Waals surface area contributed by atoms with Crippen molar-refractivity contribution in [1.82, 2.24) is 0 Å². The van der Waals surface area contributed by atoms with Gasteiger partial charge in [0.2, 0.25) is 0 Å². The molecule has 3 unspecified atom stereocenters. The molecule has 516 valence electrons. The number of aliphatic hydroxyl groups excluding tert-OH is 1. The van der Waals surface area contributed by atoms with Crippen LogP contribution in [0.5, 0.6) is 0 Å². The molecule has 0 spiro atoms. The Morgan fingerprint density at radius 3 is 0.816 bits per heavy atom. The van der Waals surface area contributed by atoms with E-state index >= 15 is 0 Å². The summed E-state index contributed by atoms with van der Waals surface area (Å²) in [6, 6.07) is 0. The molecule has 17 nitrogen and oxygen atoms in total. The van der Waals surface area contributed by atoms with Gasteiger partial charge in [-0.15, -0.1) is 0 Å². The molecule has 0 rings (SSSR count). The van der Waals surface area contributed by atoms with E-state index in [0.717, 1.165) is 109 Å². The number of phosphoric acid groups is 2. The number of hydrogen-bond acceptors (Lipinski definition) is 15. The van der Waals surface area contributed by atoms with Gasteiger partial charge in [0.1, 0.15) is 19.3 Å². The number of esters is 4. The van der Waals surface area contributed by atoms with Crippen molar-refractivity contribution in [1.29, 1.82) is 0 Å². The highest BCUT2D eigenvalue weighted by molar-refractivity contribution is 7.47. The van der Waals surface area contributed by atoms with Crippen molar-refractivity contribution in [2.45, 2.75) is 350 Å². The van der Waals surface area contributed by atoms with Gasteiger partial charge >= 0.3 is 39.5 Å². The molecule has 6 atom stereocenters. The van der Waals surface area contributed by atoms with Crippen LogP contribution in [0.3, 0.4) is 0 Å². The minimum absolute atomic E-state index is 0.102. The Kier molecular flexibility index (Phi) is 56.6. The van der Waals surface area contributed by atoms with E-state index in [-0.39, 0.29) is 25.7 Å². The van der Waals surface area contributed by atoms with Crippen molar-refractivity contribution in [3.05, 3.63) is 0 Å². The number of aliphatic hydroxyl groups is 1. The smallest absolute Gasteiger partial charge is 0.462 e. The highest BCUT2D eigenvalue weighted by atomic mass is 31.2. The summed E-state index contributed by atoms with van der Waals surface area (Å²) in [5.41, 5.74) is 0. The van der Waals surface area contributed by atoms with Gasteiger partial charge < -0.3 is 33.8 Å². The molecular weight excluding hydrogens is 1150 g/mol. The second-order valence-corrected chi connectivity index (χ2v) is 29.1. The first-order valence-electron chi connectivity index (χ1n) is 35.2. The van der Waals surface area contributed by atoms with Gasteiger partial charge in [0.25, 0.3) is 0 Å². The fraction of sp³-hybridized carbons (Fsp3) is 0.941. The van der Waals surface area contributed by atoms with Gasteiger partial charge in [-0.3, -0.25) is 37.3 Å². The zero-order valence-electron chi connectivity index (χ0n) is 56.6. The quantitative estimate of drug-likeness (QED) is 0.0222. The number of rotatable bonds is 65. The predicted molar refractivity (Wildman–Crippen MR) is 349 cm³/mol. The van der Waals surface area contributed by atoms with E-state index in [2.05, 4.69) is 55.4 Å². The Balaban J connectivity index is 5.20. The Morgan fingerprint density at radius 1 is 0.322 bits per heavy atom. The number of phosphoric ester groups is 2. The van der Waals surface area contributed by atoms with Crippen LogP contribution in [0.15, 0.2) is 0 Å². The molecule has 0 saturated carbocycles. The van der Waals surface area contributed by atoms with Crippen LogP contribution in [0.4, 0.5) is 0 Å². The molecule has 0 aliphatic heterocycles. The van der Waals surface area contributed by atoms with Crippen LogP contribution in [0.1, 0.15) is 331 Å². The molecule has 0 saturated heterocycles. The third-order valence-electron chi connectivity index (χ3n) is 15.9. The second-order valence-electron chi connectivity index (χ2n) is 26.2. The van der Waals surface area contributed by atoms with Crippen LogP contribution in [-0.4, -0.2) is 96.7 Å². The fourth-order valence-corrected chi connectivity index (χ4v) is 11.7. The summed E-state index contributed by atoms with van der Waals surface area (Å²) in [6.45, 7) is 14.0. The minimum atomic E-state index is -4.95. The summed E-state index contributed by atoms with van der Waals surface area (Å²) < 4.78 is 68.1. The molecular formula is C68H132O17P2. The maximum Gasteiger partial charge on any atom is 0.472 e. The Morgan fingerprint density at radius 2 is 0.552 bits per heavy atom. The summed E-state index contributed by atoms with van der Waals surface area (Å²) in [6.07, 6.45) is 39.3.